The molecule has 0 aromatic carbocycles. The van der Waals surface area contributed by atoms with Crippen molar-refractivity contribution in [2.75, 3.05) is 0 Å². The second-order valence-corrected chi connectivity index (χ2v) is 0.612. The van der Waals surface area contributed by atoms with Crippen LogP contribution in [0.2, 0.25) is 0 Å². The van der Waals surface area contributed by atoms with E-state index < -0.39 is 11.4 Å². The van der Waals surface area contributed by atoms with Crippen LogP contribution in [0.5, 0.6) is 0 Å². The molecule has 43 valence electrons. The van der Waals surface area contributed by atoms with Crippen molar-refractivity contribution in [3.05, 3.63) is 0 Å². The van der Waals surface area contributed by atoms with E-state index in [2.05, 4.69) is 0 Å². The maximum atomic E-state index is 8.44. The van der Waals surface area contributed by atoms with E-state index in [9.17, 15) is 0 Å². The van der Waals surface area contributed by atoms with Crippen LogP contribution in [0.1, 0.15) is 0 Å². The quantitative estimate of drug-likeness (QED) is 0.371. The SMILES string of the molecule is O=S([O-])[O-].[Cu+2].[Fe]. The third-order valence-corrected chi connectivity index (χ3v) is 0. The molecule has 6 heteroatoms. The Hall–Kier alpha value is 1.11. The average molecular weight is 199 g/mol. The van der Waals surface area contributed by atoms with Gasteiger partial charge in [0.1, 0.15) is 0 Å². The van der Waals surface area contributed by atoms with Gasteiger partial charge in [0.2, 0.25) is 0 Å². The summed E-state index contributed by atoms with van der Waals surface area (Å²) in [6, 6.07) is 0. The fourth-order valence-corrected chi connectivity index (χ4v) is 0. The van der Waals surface area contributed by atoms with Gasteiger partial charge in [-0.05, 0) is 0 Å². The van der Waals surface area contributed by atoms with Crippen LogP contribution in [-0.2, 0) is 45.5 Å². The molecule has 0 heterocycles. The zero-order valence-electron chi connectivity index (χ0n) is 2.29. The van der Waals surface area contributed by atoms with Gasteiger partial charge in [0.25, 0.3) is 0 Å². The molecule has 0 aliphatic rings. The van der Waals surface area contributed by atoms with Crippen LogP contribution in [0.3, 0.4) is 0 Å². The molecule has 0 saturated carbocycles. The largest absolute Gasteiger partial charge is 2.00 e. The summed E-state index contributed by atoms with van der Waals surface area (Å²) in [6.07, 6.45) is 0. The van der Waals surface area contributed by atoms with Gasteiger partial charge in [0.05, 0.1) is 0 Å². The third kappa shape index (κ3) is 70.1. The molecule has 0 aromatic rings. The Kier molecular flexibility index (Phi) is 24.7. The molecule has 0 atom stereocenters. The van der Waals surface area contributed by atoms with Gasteiger partial charge >= 0.3 is 17.1 Å². The van der Waals surface area contributed by atoms with Crippen molar-refractivity contribution < 1.29 is 47.5 Å². The van der Waals surface area contributed by atoms with Crippen molar-refractivity contribution in [3.63, 3.8) is 0 Å². The maximum Gasteiger partial charge on any atom is 2.00 e. The summed E-state index contributed by atoms with van der Waals surface area (Å²) in [5.41, 5.74) is 0. The predicted molar refractivity (Wildman–Crippen MR) is 9.70 cm³/mol. The zero-order valence-corrected chi connectivity index (χ0v) is 5.15. The van der Waals surface area contributed by atoms with Gasteiger partial charge in [0.15, 0.2) is 0 Å². The van der Waals surface area contributed by atoms with Crippen molar-refractivity contribution in [1.29, 1.82) is 0 Å². The van der Waals surface area contributed by atoms with E-state index in [0.717, 1.165) is 0 Å². The van der Waals surface area contributed by atoms with E-state index in [4.69, 9.17) is 13.3 Å². The molecule has 0 saturated heterocycles. The Morgan fingerprint density at radius 2 is 1.33 bits per heavy atom. The van der Waals surface area contributed by atoms with Crippen LogP contribution in [0.4, 0.5) is 0 Å². The molecule has 0 fully saturated rings. The van der Waals surface area contributed by atoms with E-state index in [1.807, 2.05) is 0 Å². The molecule has 0 N–H and O–H groups in total. The first-order chi connectivity index (χ1) is 1.73. The second kappa shape index (κ2) is 9.44. The number of hydrogen-bond donors (Lipinski definition) is 0. The summed E-state index contributed by atoms with van der Waals surface area (Å²) >= 11 is -3.11. The Bertz CT molecular complexity index is 33.8. The van der Waals surface area contributed by atoms with E-state index >= 15 is 0 Å². The van der Waals surface area contributed by atoms with Gasteiger partial charge in [0, 0.05) is 17.1 Å². The first-order valence-electron chi connectivity index (χ1n) is 0.500. The first-order valence-corrected chi connectivity index (χ1v) is 1.50. The first kappa shape index (κ1) is 15.7. The molecular weight excluding hydrogens is 199 g/mol. The summed E-state index contributed by atoms with van der Waals surface area (Å²) < 4.78 is 25.3. The number of rotatable bonds is 0. The van der Waals surface area contributed by atoms with Gasteiger partial charge in [-0.2, -0.15) is 0 Å². The van der Waals surface area contributed by atoms with Crippen LogP contribution >= 0.6 is 0 Å². The van der Waals surface area contributed by atoms with E-state index in [1.165, 1.54) is 0 Å². The fraction of sp³-hybridized carbons (Fsp3) is 0. The zero-order chi connectivity index (χ0) is 3.58. The Morgan fingerprint density at radius 3 is 1.33 bits per heavy atom. The predicted octanol–water partition coefficient (Wildman–Crippen LogP) is -1.01. The van der Waals surface area contributed by atoms with Crippen molar-refractivity contribution in [2.24, 2.45) is 0 Å². The molecule has 0 rings (SSSR count). The summed E-state index contributed by atoms with van der Waals surface area (Å²) in [4.78, 5) is 0. The summed E-state index contributed by atoms with van der Waals surface area (Å²) in [5.74, 6) is 0. The molecule has 0 spiro atoms. The Balaban J connectivity index is -0.0000000450. The minimum Gasteiger partial charge on any atom is -0.784 e. The van der Waals surface area contributed by atoms with Crippen LogP contribution in [0.15, 0.2) is 0 Å². The summed E-state index contributed by atoms with van der Waals surface area (Å²) in [7, 11) is 0. The Labute approximate surface area is 58.9 Å². The average Bonchev–Trinajstić information content (AvgIpc) is 0.811. The maximum absolute atomic E-state index is 8.44. The van der Waals surface area contributed by atoms with Crippen LogP contribution in [0.25, 0.3) is 0 Å². The smallest absolute Gasteiger partial charge is 0.784 e. The topological polar surface area (TPSA) is 63.2 Å². The molecule has 0 amide bonds. The van der Waals surface area contributed by atoms with Crippen molar-refractivity contribution in [2.45, 2.75) is 0 Å². The van der Waals surface area contributed by atoms with E-state index in [1.54, 1.807) is 0 Å². The minimum absolute atomic E-state index is 0. The molecule has 1 radical (unpaired) electrons. The molecule has 0 unspecified atom stereocenters. The van der Waals surface area contributed by atoms with E-state index in [0.29, 0.717) is 0 Å². The van der Waals surface area contributed by atoms with Crippen LogP contribution in [0, 0.1) is 0 Å². The molecule has 0 aromatic heterocycles. The molecule has 3 nitrogen and oxygen atoms in total. The fourth-order valence-electron chi connectivity index (χ4n) is 0. The van der Waals surface area contributed by atoms with Crippen molar-refractivity contribution in [1.82, 2.24) is 0 Å². The van der Waals surface area contributed by atoms with Gasteiger partial charge < -0.3 is 9.11 Å². The van der Waals surface area contributed by atoms with E-state index in [-0.39, 0.29) is 34.1 Å². The van der Waals surface area contributed by atoms with Gasteiger partial charge in [-0.3, -0.25) is 4.21 Å². The molecule has 0 bridgehead atoms. The van der Waals surface area contributed by atoms with Gasteiger partial charge in [-0.1, -0.05) is 0 Å². The molecular formula is CuFeO3S. The van der Waals surface area contributed by atoms with Gasteiger partial charge in [-0.25, -0.2) is 0 Å². The van der Waals surface area contributed by atoms with Crippen molar-refractivity contribution in [3.8, 4) is 0 Å². The molecule has 0 aliphatic heterocycles. The molecule has 6 heavy (non-hydrogen) atoms. The minimum atomic E-state index is -3.11. The molecule has 0 aliphatic carbocycles. The summed E-state index contributed by atoms with van der Waals surface area (Å²) in [5, 5.41) is 0. The normalized spacial score (nSPS) is 5.83. The van der Waals surface area contributed by atoms with Gasteiger partial charge in [-0.15, -0.1) is 11.4 Å². The van der Waals surface area contributed by atoms with Crippen LogP contribution in [-0.4, -0.2) is 13.3 Å². The third-order valence-electron chi connectivity index (χ3n) is 0. The van der Waals surface area contributed by atoms with Crippen molar-refractivity contribution >= 4 is 11.4 Å². The second-order valence-electron chi connectivity index (χ2n) is 0.204. The van der Waals surface area contributed by atoms with Crippen LogP contribution < -0.4 is 0 Å². The Morgan fingerprint density at radius 1 is 1.33 bits per heavy atom. The summed E-state index contributed by atoms with van der Waals surface area (Å²) in [6.45, 7) is 0. The standard InChI is InChI=1S/Cu.Fe.H2O3S/c;;1-4(2)3/h;;(H2,1,2,3)/q+2;;/p-2. The number of hydrogen-bond acceptors (Lipinski definition) is 3. The monoisotopic (exact) mass is 199 g/mol.